The highest BCUT2D eigenvalue weighted by atomic mass is 32.2. The number of hydrogen-bond acceptors (Lipinski definition) is 8. The van der Waals surface area contributed by atoms with E-state index in [2.05, 4.69) is 12.1 Å². The van der Waals surface area contributed by atoms with Crippen LogP contribution in [0, 0.1) is 0 Å². The van der Waals surface area contributed by atoms with Gasteiger partial charge in [-0.3, -0.25) is 9.69 Å². The maximum atomic E-state index is 12.5. The van der Waals surface area contributed by atoms with Crippen molar-refractivity contribution in [3.63, 3.8) is 0 Å². The zero-order valence-electron chi connectivity index (χ0n) is 17.8. The molecule has 0 bridgehead atoms. The molecule has 0 aliphatic carbocycles. The second kappa shape index (κ2) is 10.0. The van der Waals surface area contributed by atoms with E-state index in [1.165, 1.54) is 11.8 Å². The minimum absolute atomic E-state index is 0.111. The van der Waals surface area contributed by atoms with Crippen LogP contribution in [0.1, 0.15) is 13.3 Å². The number of likely N-dealkylation sites (N-methyl/N-ethyl adjacent to an activating group) is 1. The van der Waals surface area contributed by atoms with Gasteiger partial charge >= 0.3 is 0 Å². The van der Waals surface area contributed by atoms with Gasteiger partial charge in [0, 0.05) is 23.7 Å². The molecule has 0 aromatic heterocycles. The summed E-state index contributed by atoms with van der Waals surface area (Å²) in [5.74, 6) is -0.537. The fraction of sp³-hybridized carbons (Fsp3) is 0.217. The molecule has 1 saturated heterocycles. The number of fused-ring (bicyclic) bond motifs is 1. The van der Waals surface area contributed by atoms with Crippen molar-refractivity contribution in [1.82, 2.24) is 4.90 Å². The highest BCUT2D eigenvalue weighted by Crippen LogP contribution is 2.47. The van der Waals surface area contributed by atoms with Crippen LogP contribution in [0.3, 0.4) is 0 Å². The Kier molecular flexibility index (Phi) is 7.30. The summed E-state index contributed by atoms with van der Waals surface area (Å²) < 4.78 is 34.0. The molecule has 2 aliphatic rings. The Hall–Kier alpha value is -2.11. The predicted octanol–water partition coefficient (Wildman–Crippen LogP) is 4.81. The van der Waals surface area contributed by atoms with Gasteiger partial charge in [0.1, 0.15) is 4.32 Å². The fourth-order valence-electron chi connectivity index (χ4n) is 3.60. The molecular formula is C23H21N2O4S4-. The van der Waals surface area contributed by atoms with Crippen molar-refractivity contribution >= 4 is 61.8 Å². The van der Waals surface area contributed by atoms with Crippen LogP contribution in [-0.2, 0) is 14.9 Å². The first-order chi connectivity index (χ1) is 15.8. The van der Waals surface area contributed by atoms with Crippen molar-refractivity contribution in [1.29, 1.82) is 0 Å². The molecule has 2 aliphatic heterocycles. The molecule has 172 valence electrons. The molecule has 2 heterocycles. The number of thiocarbonyl (C=S) groups is 1. The number of nitrogens with zero attached hydrogens (tertiary/aromatic N) is 2. The number of amides is 1. The summed E-state index contributed by atoms with van der Waals surface area (Å²) in [6.07, 6.45) is 3.83. The first-order valence-corrected chi connectivity index (χ1v) is 13.9. The minimum atomic E-state index is -4.29. The number of carbonyl (C=O) groups is 1. The predicted molar refractivity (Wildman–Crippen MR) is 138 cm³/mol. The zero-order chi connectivity index (χ0) is 23.6. The Morgan fingerprint density at radius 1 is 1.03 bits per heavy atom. The van der Waals surface area contributed by atoms with E-state index in [0.29, 0.717) is 22.3 Å². The molecular weight excluding hydrogens is 497 g/mol. The molecule has 0 spiro atoms. The van der Waals surface area contributed by atoms with E-state index in [1.54, 1.807) is 22.7 Å². The van der Waals surface area contributed by atoms with E-state index in [9.17, 15) is 17.8 Å². The normalized spacial score (nSPS) is 18.6. The van der Waals surface area contributed by atoms with Crippen LogP contribution in [0.5, 0.6) is 0 Å². The summed E-state index contributed by atoms with van der Waals surface area (Å²) in [5.41, 5.74) is 3.07. The number of rotatable bonds is 7. The Bertz CT molecular complexity index is 1260. The molecule has 2 aromatic rings. The van der Waals surface area contributed by atoms with Gasteiger partial charge in [0.25, 0.3) is 5.91 Å². The molecule has 6 nitrogen and oxygen atoms in total. The maximum absolute atomic E-state index is 12.5. The standard InChI is InChI=1S/C23H22N2O4S4/c1-2-24-22(26)20(32-23(24)30)11-12-21-25(13-6-14-33(27,28)29)18-15-17(9-10-19(18)31-21)16-7-4-3-5-8-16/h3-5,7-12,15H,2,6,13-14H2,1H3,(H,27,28,29)/p-1/b20-11+,21-12-. The summed E-state index contributed by atoms with van der Waals surface area (Å²) in [4.78, 5) is 17.7. The third-order valence-corrected chi connectivity index (χ3v) is 8.50. The first-order valence-electron chi connectivity index (χ1n) is 10.3. The van der Waals surface area contributed by atoms with Crippen LogP contribution in [0.15, 0.2) is 75.5 Å². The SMILES string of the molecule is CCN1C(=O)/C(=C\C=C2/Sc3ccc(-c4ccccc4)cc3N2CCCS(=O)(=O)[O-])SC1=S. The van der Waals surface area contributed by atoms with E-state index in [1.807, 2.05) is 54.3 Å². The Labute approximate surface area is 207 Å². The van der Waals surface area contributed by atoms with E-state index >= 15 is 0 Å². The Morgan fingerprint density at radius 3 is 2.45 bits per heavy atom. The van der Waals surface area contributed by atoms with Gasteiger partial charge in [-0.2, -0.15) is 0 Å². The van der Waals surface area contributed by atoms with Crippen LogP contribution in [-0.4, -0.2) is 46.9 Å². The van der Waals surface area contributed by atoms with Gasteiger partial charge in [0.15, 0.2) is 0 Å². The molecule has 0 saturated carbocycles. The fourth-order valence-corrected chi connectivity index (χ4v) is 6.48. The quantitative estimate of drug-likeness (QED) is 0.294. The number of benzene rings is 2. The van der Waals surface area contributed by atoms with Crippen LogP contribution >= 0.6 is 35.7 Å². The first kappa shape index (κ1) is 24.0. The molecule has 0 unspecified atom stereocenters. The van der Waals surface area contributed by atoms with E-state index < -0.39 is 15.9 Å². The average molecular weight is 518 g/mol. The number of allylic oxidation sites excluding steroid dienone is 2. The topological polar surface area (TPSA) is 80.8 Å². The molecule has 33 heavy (non-hydrogen) atoms. The van der Waals surface area contributed by atoms with Crippen molar-refractivity contribution in [2.75, 3.05) is 23.7 Å². The van der Waals surface area contributed by atoms with E-state index in [-0.39, 0.29) is 12.3 Å². The van der Waals surface area contributed by atoms with Gasteiger partial charge in [-0.1, -0.05) is 72.1 Å². The Morgan fingerprint density at radius 2 is 1.79 bits per heavy atom. The lowest BCUT2D eigenvalue weighted by Gasteiger charge is -2.21. The minimum Gasteiger partial charge on any atom is -0.748 e. The summed E-state index contributed by atoms with van der Waals surface area (Å²) in [7, 11) is -4.29. The zero-order valence-corrected chi connectivity index (χ0v) is 21.0. The van der Waals surface area contributed by atoms with E-state index in [4.69, 9.17) is 12.2 Å². The second-order valence-electron chi connectivity index (χ2n) is 7.37. The van der Waals surface area contributed by atoms with Crippen molar-refractivity contribution in [3.05, 3.63) is 70.6 Å². The monoisotopic (exact) mass is 517 g/mol. The largest absolute Gasteiger partial charge is 0.748 e. The highest BCUT2D eigenvalue weighted by molar-refractivity contribution is 8.26. The smallest absolute Gasteiger partial charge is 0.266 e. The van der Waals surface area contributed by atoms with Gasteiger partial charge in [-0.25, -0.2) is 8.42 Å². The molecule has 1 fully saturated rings. The highest BCUT2D eigenvalue weighted by Gasteiger charge is 2.31. The third-order valence-electron chi connectivity index (χ3n) is 5.18. The summed E-state index contributed by atoms with van der Waals surface area (Å²) in [6, 6.07) is 16.1. The molecule has 1 amide bonds. The van der Waals surface area contributed by atoms with Gasteiger partial charge in [-0.15, -0.1) is 0 Å². The van der Waals surface area contributed by atoms with Crippen molar-refractivity contribution in [3.8, 4) is 11.1 Å². The van der Waals surface area contributed by atoms with Gasteiger partial charge in [-0.05, 0) is 48.8 Å². The van der Waals surface area contributed by atoms with Crippen molar-refractivity contribution in [2.24, 2.45) is 0 Å². The van der Waals surface area contributed by atoms with Gasteiger partial charge in [0.05, 0.1) is 25.7 Å². The van der Waals surface area contributed by atoms with Crippen LogP contribution in [0.4, 0.5) is 5.69 Å². The number of thioether (sulfide) groups is 2. The number of hydrogen-bond donors (Lipinski definition) is 0. The van der Waals surface area contributed by atoms with Gasteiger partial charge < -0.3 is 9.45 Å². The lowest BCUT2D eigenvalue weighted by atomic mass is 10.0. The molecule has 0 radical (unpaired) electrons. The molecule has 0 N–H and O–H groups in total. The molecule has 2 aromatic carbocycles. The van der Waals surface area contributed by atoms with Gasteiger partial charge in [0.2, 0.25) is 0 Å². The van der Waals surface area contributed by atoms with Crippen LogP contribution < -0.4 is 4.90 Å². The second-order valence-corrected chi connectivity index (χ2v) is 11.6. The lowest BCUT2D eigenvalue weighted by molar-refractivity contribution is -0.122. The number of carbonyl (C=O) groups excluding carboxylic acids is 1. The van der Waals surface area contributed by atoms with Crippen LogP contribution in [0.25, 0.3) is 11.1 Å². The summed E-state index contributed by atoms with van der Waals surface area (Å²) >= 11 is 8.10. The lowest BCUT2D eigenvalue weighted by Crippen LogP contribution is -2.27. The van der Waals surface area contributed by atoms with Crippen molar-refractivity contribution < 1.29 is 17.8 Å². The molecule has 4 rings (SSSR count). The maximum Gasteiger partial charge on any atom is 0.266 e. The van der Waals surface area contributed by atoms with Crippen LogP contribution in [0.2, 0.25) is 0 Å². The number of anilines is 1. The Balaban J connectivity index is 1.66. The molecule has 10 heteroatoms. The average Bonchev–Trinajstić information content (AvgIpc) is 3.27. The van der Waals surface area contributed by atoms with E-state index in [0.717, 1.165) is 26.7 Å². The summed E-state index contributed by atoms with van der Waals surface area (Å²) in [6.45, 7) is 2.78. The molecule has 0 atom stereocenters. The summed E-state index contributed by atoms with van der Waals surface area (Å²) in [5, 5.41) is 0.861. The third kappa shape index (κ3) is 5.52. The van der Waals surface area contributed by atoms with Crippen molar-refractivity contribution in [2.45, 2.75) is 18.2 Å².